The van der Waals surface area contributed by atoms with E-state index >= 15 is 0 Å². The average molecular weight is 302 g/mol. The quantitative estimate of drug-likeness (QED) is 0.405. The second-order valence-electron chi connectivity index (χ2n) is 4.39. The zero-order valence-electron chi connectivity index (χ0n) is 10.4. The van der Waals surface area contributed by atoms with Crippen LogP contribution in [0.4, 0.5) is 0 Å². The van der Waals surface area contributed by atoms with Gasteiger partial charge in [-0.2, -0.15) is 0 Å². The van der Waals surface area contributed by atoms with Gasteiger partial charge in [-0.05, 0) is 39.0 Å². The first-order valence-corrected chi connectivity index (χ1v) is 6.74. The fraction of sp³-hybridized carbons (Fsp3) is 0.750. The molecule has 2 nitrogen and oxygen atoms in total. The van der Waals surface area contributed by atoms with Crippen molar-refractivity contribution in [3.8, 4) is 0 Å². The van der Waals surface area contributed by atoms with Gasteiger partial charge in [0.15, 0.2) is 0 Å². The molecule has 0 N–H and O–H groups in total. The zero-order valence-corrected chi connectivity index (χ0v) is 12.7. The lowest BCUT2D eigenvalue weighted by Crippen LogP contribution is -2.22. The summed E-state index contributed by atoms with van der Waals surface area (Å²) in [5.74, 6) is -0.326. The van der Waals surface area contributed by atoms with Crippen LogP contribution in [0.2, 0.25) is 0 Å². The van der Waals surface area contributed by atoms with E-state index in [1.54, 1.807) is 0 Å². The fourth-order valence-electron chi connectivity index (χ4n) is 1.24. The maximum atomic E-state index is 11.1. The monoisotopic (exact) mass is 300 g/mol. The highest BCUT2D eigenvalue weighted by Gasteiger charge is 2.32. The van der Waals surface area contributed by atoms with E-state index in [0.29, 0.717) is 12.5 Å². The third-order valence-electron chi connectivity index (χ3n) is 2.29. The highest BCUT2D eigenvalue weighted by atomic mass is 35.6. The van der Waals surface area contributed by atoms with Gasteiger partial charge < -0.3 is 4.74 Å². The number of rotatable bonds is 6. The van der Waals surface area contributed by atoms with Gasteiger partial charge in [0.2, 0.25) is 0 Å². The van der Waals surface area contributed by atoms with Crippen LogP contribution in [-0.4, -0.2) is 16.4 Å². The molecule has 0 aliphatic heterocycles. The van der Waals surface area contributed by atoms with Gasteiger partial charge in [-0.25, -0.2) is 4.79 Å². The Morgan fingerprint density at radius 1 is 1.29 bits per heavy atom. The van der Waals surface area contributed by atoms with Crippen molar-refractivity contribution in [3.05, 3.63) is 11.6 Å². The molecule has 0 radical (unpaired) electrons. The molecule has 1 atom stereocenters. The molecule has 0 saturated carbocycles. The van der Waals surface area contributed by atoms with E-state index in [1.165, 1.54) is 5.57 Å². The van der Waals surface area contributed by atoms with Crippen molar-refractivity contribution < 1.29 is 9.53 Å². The van der Waals surface area contributed by atoms with E-state index in [2.05, 4.69) is 26.8 Å². The van der Waals surface area contributed by atoms with Gasteiger partial charge in [-0.15, -0.1) is 0 Å². The maximum Gasteiger partial charge on any atom is 0.358 e. The van der Waals surface area contributed by atoms with Gasteiger partial charge in [0.25, 0.3) is 3.79 Å². The van der Waals surface area contributed by atoms with Crippen LogP contribution in [0.15, 0.2) is 11.6 Å². The van der Waals surface area contributed by atoms with Crippen molar-refractivity contribution in [1.29, 1.82) is 0 Å². The predicted octanol–water partition coefficient (Wildman–Crippen LogP) is 4.67. The van der Waals surface area contributed by atoms with Gasteiger partial charge in [0.05, 0.1) is 6.61 Å². The van der Waals surface area contributed by atoms with Crippen LogP contribution in [0, 0.1) is 5.92 Å². The molecule has 1 unspecified atom stereocenters. The first-order chi connectivity index (χ1) is 7.73. The highest BCUT2D eigenvalue weighted by molar-refractivity contribution is 6.75. The van der Waals surface area contributed by atoms with E-state index in [0.717, 1.165) is 19.3 Å². The Morgan fingerprint density at radius 2 is 1.88 bits per heavy atom. The first-order valence-electron chi connectivity index (χ1n) is 5.60. The largest absolute Gasteiger partial charge is 0.463 e. The summed E-state index contributed by atoms with van der Waals surface area (Å²) in [6, 6.07) is 0. The van der Waals surface area contributed by atoms with Crippen LogP contribution < -0.4 is 0 Å². The lowest BCUT2D eigenvalue weighted by atomic mass is 10.0. The summed E-state index contributed by atoms with van der Waals surface area (Å²) in [7, 11) is 0. The molecule has 5 heteroatoms. The van der Waals surface area contributed by atoms with Crippen LogP contribution in [0.1, 0.15) is 40.0 Å². The molecule has 0 fully saturated rings. The van der Waals surface area contributed by atoms with Gasteiger partial charge >= 0.3 is 5.97 Å². The number of allylic oxidation sites excluding steroid dienone is 2. The second kappa shape index (κ2) is 8.23. The lowest BCUT2D eigenvalue weighted by Gasteiger charge is -2.13. The number of halogens is 3. The molecule has 0 bridgehead atoms. The number of hydrogen-bond donors (Lipinski definition) is 0. The first kappa shape index (κ1) is 17.1. The Hall–Kier alpha value is 0.0800. The summed E-state index contributed by atoms with van der Waals surface area (Å²) in [5.41, 5.74) is 1.32. The Balaban J connectivity index is 3.68. The standard InChI is InChI=1S/C12H19Cl3O2/c1-9(2)5-4-6-10(3)7-8-17-11(16)12(13,14)15/h5,10H,4,6-8H2,1-3H3. The zero-order chi connectivity index (χ0) is 13.5. The van der Waals surface area contributed by atoms with Crippen molar-refractivity contribution in [2.75, 3.05) is 6.61 Å². The Bertz CT molecular complexity index is 265. The number of alkyl halides is 3. The Kier molecular flexibility index (Phi) is 8.27. The van der Waals surface area contributed by atoms with Crippen LogP contribution >= 0.6 is 34.8 Å². The Labute approximate surface area is 118 Å². The summed E-state index contributed by atoms with van der Waals surface area (Å²) >= 11 is 16.1. The molecule has 0 aliphatic carbocycles. The molecule has 0 aromatic carbocycles. The van der Waals surface area contributed by atoms with E-state index < -0.39 is 9.76 Å². The van der Waals surface area contributed by atoms with Crippen molar-refractivity contribution in [2.45, 2.75) is 43.8 Å². The van der Waals surface area contributed by atoms with Crippen molar-refractivity contribution in [2.24, 2.45) is 5.92 Å². The van der Waals surface area contributed by atoms with E-state index in [-0.39, 0.29) is 0 Å². The molecule has 0 amide bonds. The maximum absolute atomic E-state index is 11.1. The van der Waals surface area contributed by atoms with E-state index in [9.17, 15) is 4.79 Å². The summed E-state index contributed by atoms with van der Waals surface area (Å²) in [6.07, 6.45) is 5.09. The number of ether oxygens (including phenoxy) is 1. The predicted molar refractivity (Wildman–Crippen MR) is 73.7 cm³/mol. The SMILES string of the molecule is CC(C)=CCCC(C)CCOC(=O)C(Cl)(Cl)Cl. The number of esters is 1. The molecule has 0 saturated heterocycles. The Morgan fingerprint density at radius 3 is 2.35 bits per heavy atom. The smallest absolute Gasteiger partial charge is 0.358 e. The number of carbonyl (C=O) groups excluding carboxylic acids is 1. The van der Waals surface area contributed by atoms with Gasteiger partial charge in [0.1, 0.15) is 0 Å². The summed E-state index contributed by atoms with van der Waals surface area (Å²) in [5, 5.41) is 0. The molecule has 100 valence electrons. The number of carbonyl (C=O) groups is 1. The van der Waals surface area contributed by atoms with Crippen molar-refractivity contribution in [1.82, 2.24) is 0 Å². The summed E-state index contributed by atoms with van der Waals surface area (Å²) in [6.45, 7) is 6.56. The van der Waals surface area contributed by atoms with Gasteiger partial charge in [-0.1, -0.05) is 53.4 Å². The molecule has 0 aromatic rings. The normalized spacial score (nSPS) is 13.1. The molecule has 0 aliphatic rings. The number of hydrogen-bond acceptors (Lipinski definition) is 2. The van der Waals surface area contributed by atoms with Crippen LogP contribution in [0.25, 0.3) is 0 Å². The minimum atomic E-state index is -1.97. The van der Waals surface area contributed by atoms with Crippen molar-refractivity contribution in [3.63, 3.8) is 0 Å². The minimum absolute atomic E-state index is 0.294. The van der Waals surface area contributed by atoms with E-state index in [1.807, 2.05) is 0 Å². The van der Waals surface area contributed by atoms with Gasteiger partial charge in [-0.3, -0.25) is 0 Å². The third kappa shape index (κ3) is 9.75. The summed E-state index contributed by atoms with van der Waals surface area (Å²) in [4.78, 5) is 11.1. The van der Waals surface area contributed by atoms with Gasteiger partial charge in [0, 0.05) is 0 Å². The topological polar surface area (TPSA) is 26.3 Å². The van der Waals surface area contributed by atoms with Crippen LogP contribution in [0.5, 0.6) is 0 Å². The average Bonchev–Trinajstić information content (AvgIpc) is 2.15. The second-order valence-corrected chi connectivity index (χ2v) is 6.67. The minimum Gasteiger partial charge on any atom is -0.463 e. The van der Waals surface area contributed by atoms with Crippen LogP contribution in [0.3, 0.4) is 0 Å². The highest BCUT2D eigenvalue weighted by Crippen LogP contribution is 2.27. The van der Waals surface area contributed by atoms with Crippen molar-refractivity contribution >= 4 is 40.8 Å². The molecule has 0 heterocycles. The molecular weight excluding hydrogens is 282 g/mol. The fourth-order valence-corrected chi connectivity index (χ4v) is 1.40. The summed E-state index contributed by atoms with van der Waals surface area (Å²) < 4.78 is 2.89. The lowest BCUT2D eigenvalue weighted by molar-refractivity contribution is -0.142. The molecule has 17 heavy (non-hydrogen) atoms. The molecule has 0 spiro atoms. The van der Waals surface area contributed by atoms with Crippen LogP contribution in [-0.2, 0) is 9.53 Å². The molecule has 0 aromatic heterocycles. The van der Waals surface area contributed by atoms with E-state index in [4.69, 9.17) is 39.5 Å². The molecular formula is C12H19Cl3O2. The third-order valence-corrected chi connectivity index (χ3v) is 2.75. The molecule has 0 rings (SSSR count).